The number of H-pyrrole nitrogens is 1. The van der Waals surface area contributed by atoms with Crippen molar-refractivity contribution in [3.63, 3.8) is 0 Å². The van der Waals surface area contributed by atoms with Crippen LogP contribution in [0, 0.1) is 0 Å². The summed E-state index contributed by atoms with van der Waals surface area (Å²) >= 11 is 6.80. The maximum atomic E-state index is 10.6. The van der Waals surface area contributed by atoms with Gasteiger partial charge in [0.2, 0.25) is 0 Å². The molecule has 2 N–H and O–H groups in total. The molecule has 0 bridgehead atoms. The molecule has 0 fully saturated rings. The molecule has 1 aromatic carbocycles. The Hall–Kier alpha value is -1.17. The SMILES string of the molecule is OC(c1ncc(Br)cc1Br)c1cccc2[nH]ccc12. The van der Waals surface area contributed by atoms with Gasteiger partial charge in [-0.1, -0.05) is 12.1 Å². The third kappa shape index (κ3) is 2.33. The van der Waals surface area contributed by atoms with Crippen molar-refractivity contribution in [2.75, 3.05) is 0 Å². The van der Waals surface area contributed by atoms with Crippen LogP contribution in [0.2, 0.25) is 0 Å². The summed E-state index contributed by atoms with van der Waals surface area (Å²) in [6.45, 7) is 0. The number of aromatic amines is 1. The van der Waals surface area contributed by atoms with Gasteiger partial charge >= 0.3 is 0 Å². The predicted octanol–water partition coefficient (Wildman–Crippen LogP) is 4.17. The van der Waals surface area contributed by atoms with Gasteiger partial charge in [0.25, 0.3) is 0 Å². The molecule has 0 spiro atoms. The second kappa shape index (κ2) is 5.07. The minimum Gasteiger partial charge on any atom is -0.382 e. The highest BCUT2D eigenvalue weighted by atomic mass is 79.9. The number of nitrogens with one attached hydrogen (secondary N) is 1. The lowest BCUT2D eigenvalue weighted by Crippen LogP contribution is -2.03. The molecule has 0 amide bonds. The van der Waals surface area contributed by atoms with Crippen LogP contribution in [0.15, 0.2) is 51.7 Å². The minimum atomic E-state index is -0.762. The van der Waals surface area contributed by atoms with E-state index in [1.807, 2.05) is 36.5 Å². The largest absolute Gasteiger partial charge is 0.382 e. The van der Waals surface area contributed by atoms with Gasteiger partial charge in [-0.15, -0.1) is 0 Å². The van der Waals surface area contributed by atoms with Crippen molar-refractivity contribution in [2.24, 2.45) is 0 Å². The molecule has 0 aliphatic heterocycles. The second-order valence-corrected chi connectivity index (χ2v) is 5.98. The van der Waals surface area contributed by atoms with E-state index in [0.717, 1.165) is 25.4 Å². The Kier molecular flexibility index (Phi) is 3.43. The zero-order valence-electron chi connectivity index (χ0n) is 9.77. The van der Waals surface area contributed by atoms with E-state index in [-0.39, 0.29) is 0 Å². The number of aromatic nitrogens is 2. The van der Waals surface area contributed by atoms with E-state index in [4.69, 9.17) is 0 Å². The zero-order chi connectivity index (χ0) is 13.4. The van der Waals surface area contributed by atoms with Gasteiger partial charge in [-0.3, -0.25) is 4.98 Å². The molecule has 1 atom stereocenters. The lowest BCUT2D eigenvalue weighted by molar-refractivity contribution is 0.216. The summed E-state index contributed by atoms with van der Waals surface area (Å²) in [6, 6.07) is 9.65. The molecule has 3 aromatic rings. The molecule has 0 radical (unpaired) electrons. The molecule has 5 heteroatoms. The molecule has 3 nitrogen and oxygen atoms in total. The lowest BCUT2D eigenvalue weighted by Gasteiger charge is -2.13. The average molecular weight is 382 g/mol. The summed E-state index contributed by atoms with van der Waals surface area (Å²) in [5, 5.41) is 11.6. The van der Waals surface area contributed by atoms with E-state index in [9.17, 15) is 5.11 Å². The first kappa shape index (κ1) is 12.8. The molecular formula is C14H10Br2N2O. The standard InChI is InChI=1S/C14H10Br2N2O/c15-8-6-11(16)13(18-7-8)14(19)10-2-1-3-12-9(10)4-5-17-12/h1-7,14,17,19H. The monoisotopic (exact) mass is 380 g/mol. The quantitative estimate of drug-likeness (QED) is 0.699. The first-order valence-corrected chi connectivity index (χ1v) is 7.30. The van der Waals surface area contributed by atoms with Crippen LogP contribution >= 0.6 is 31.9 Å². The topological polar surface area (TPSA) is 48.9 Å². The summed E-state index contributed by atoms with van der Waals surface area (Å²) < 4.78 is 1.65. The van der Waals surface area contributed by atoms with Crippen molar-refractivity contribution in [3.05, 3.63) is 62.9 Å². The number of pyridine rings is 1. The summed E-state index contributed by atoms with van der Waals surface area (Å²) in [5.74, 6) is 0. The average Bonchev–Trinajstić information content (AvgIpc) is 2.86. The Morgan fingerprint density at radius 1 is 1.21 bits per heavy atom. The smallest absolute Gasteiger partial charge is 0.123 e. The van der Waals surface area contributed by atoms with Crippen molar-refractivity contribution in [1.82, 2.24) is 9.97 Å². The highest BCUT2D eigenvalue weighted by molar-refractivity contribution is 9.11. The molecule has 1 unspecified atom stereocenters. The minimum absolute atomic E-state index is 0.608. The molecule has 3 rings (SSSR count). The number of rotatable bonds is 2. The van der Waals surface area contributed by atoms with Gasteiger partial charge in [-0.05, 0) is 55.6 Å². The van der Waals surface area contributed by atoms with E-state index < -0.39 is 6.10 Å². The van der Waals surface area contributed by atoms with Crippen LogP contribution in [0.5, 0.6) is 0 Å². The van der Waals surface area contributed by atoms with Crippen LogP contribution in [-0.2, 0) is 0 Å². The van der Waals surface area contributed by atoms with Gasteiger partial charge in [0, 0.05) is 32.2 Å². The van der Waals surface area contributed by atoms with Gasteiger partial charge in [0.05, 0.1) is 5.69 Å². The van der Waals surface area contributed by atoms with Crippen LogP contribution in [0.3, 0.4) is 0 Å². The van der Waals surface area contributed by atoms with Gasteiger partial charge in [-0.25, -0.2) is 0 Å². The van der Waals surface area contributed by atoms with Gasteiger partial charge in [0.1, 0.15) is 6.10 Å². The molecular weight excluding hydrogens is 372 g/mol. The molecule has 2 aromatic heterocycles. The fraction of sp³-hybridized carbons (Fsp3) is 0.0714. The fourth-order valence-corrected chi connectivity index (χ4v) is 3.33. The first-order chi connectivity index (χ1) is 9.16. The maximum Gasteiger partial charge on any atom is 0.123 e. The Morgan fingerprint density at radius 3 is 2.84 bits per heavy atom. The van der Waals surface area contributed by atoms with Crippen LogP contribution in [0.4, 0.5) is 0 Å². The molecule has 0 aliphatic rings. The number of halogens is 2. The lowest BCUT2D eigenvalue weighted by atomic mass is 10.0. The van der Waals surface area contributed by atoms with Crippen molar-refractivity contribution < 1.29 is 5.11 Å². The number of benzene rings is 1. The normalized spacial score (nSPS) is 12.8. The Balaban J connectivity index is 2.13. The number of aliphatic hydroxyl groups is 1. The first-order valence-electron chi connectivity index (χ1n) is 5.72. The second-order valence-electron chi connectivity index (χ2n) is 4.21. The molecule has 0 saturated heterocycles. The zero-order valence-corrected chi connectivity index (χ0v) is 12.9. The van der Waals surface area contributed by atoms with Gasteiger partial charge < -0.3 is 10.1 Å². The van der Waals surface area contributed by atoms with Crippen LogP contribution in [0.1, 0.15) is 17.4 Å². The predicted molar refractivity (Wildman–Crippen MR) is 82.0 cm³/mol. The third-order valence-electron chi connectivity index (χ3n) is 3.02. The maximum absolute atomic E-state index is 10.6. The van der Waals surface area contributed by atoms with Crippen LogP contribution < -0.4 is 0 Å². The van der Waals surface area contributed by atoms with E-state index in [1.54, 1.807) is 6.20 Å². The summed E-state index contributed by atoms with van der Waals surface area (Å²) in [7, 11) is 0. The summed E-state index contributed by atoms with van der Waals surface area (Å²) in [4.78, 5) is 7.43. The summed E-state index contributed by atoms with van der Waals surface area (Å²) in [5.41, 5.74) is 2.45. The van der Waals surface area contributed by atoms with Crippen LogP contribution in [0.25, 0.3) is 10.9 Å². The molecule has 96 valence electrons. The Bertz CT molecular complexity index is 739. The molecule has 19 heavy (non-hydrogen) atoms. The van der Waals surface area contributed by atoms with E-state index in [0.29, 0.717) is 5.69 Å². The third-order valence-corrected chi connectivity index (χ3v) is 4.09. The highest BCUT2D eigenvalue weighted by Gasteiger charge is 2.18. The van der Waals surface area contributed by atoms with Crippen molar-refractivity contribution >= 4 is 42.8 Å². The molecule has 0 aliphatic carbocycles. The van der Waals surface area contributed by atoms with E-state index >= 15 is 0 Å². The number of nitrogens with zero attached hydrogens (tertiary/aromatic N) is 1. The van der Waals surface area contributed by atoms with Gasteiger partial charge in [-0.2, -0.15) is 0 Å². The van der Waals surface area contributed by atoms with E-state index in [2.05, 4.69) is 41.8 Å². The van der Waals surface area contributed by atoms with Crippen LogP contribution in [-0.4, -0.2) is 15.1 Å². The summed E-state index contributed by atoms with van der Waals surface area (Å²) in [6.07, 6.45) is 2.79. The van der Waals surface area contributed by atoms with Crippen molar-refractivity contribution in [2.45, 2.75) is 6.10 Å². The van der Waals surface area contributed by atoms with Gasteiger partial charge in [0.15, 0.2) is 0 Å². The fourth-order valence-electron chi connectivity index (χ4n) is 2.12. The Morgan fingerprint density at radius 2 is 2.05 bits per heavy atom. The number of fused-ring (bicyclic) bond motifs is 1. The Labute approximate surface area is 126 Å². The van der Waals surface area contributed by atoms with E-state index in [1.165, 1.54) is 0 Å². The molecule has 2 heterocycles. The van der Waals surface area contributed by atoms with Crippen molar-refractivity contribution in [3.8, 4) is 0 Å². The molecule has 0 saturated carbocycles. The number of aliphatic hydroxyl groups excluding tert-OH is 1. The highest BCUT2D eigenvalue weighted by Crippen LogP contribution is 2.32. The number of hydrogen-bond acceptors (Lipinski definition) is 2. The van der Waals surface area contributed by atoms with Crippen molar-refractivity contribution in [1.29, 1.82) is 0 Å². The number of hydrogen-bond donors (Lipinski definition) is 2.